The summed E-state index contributed by atoms with van der Waals surface area (Å²) in [6.07, 6.45) is 8.93. The van der Waals surface area contributed by atoms with Crippen LogP contribution in [0.25, 0.3) is 0 Å². The second-order valence-corrected chi connectivity index (χ2v) is 9.70. The van der Waals surface area contributed by atoms with Gasteiger partial charge in [0.25, 0.3) is 0 Å². The number of aliphatic hydroxyl groups is 1. The maximum absolute atomic E-state index is 14.1. The summed E-state index contributed by atoms with van der Waals surface area (Å²) in [7, 11) is 0. The molecule has 0 aromatic heterocycles. The molecule has 0 radical (unpaired) electrons. The Kier molecular flexibility index (Phi) is 6.27. The van der Waals surface area contributed by atoms with Gasteiger partial charge in [-0.25, -0.2) is 0 Å². The molecule has 5 atom stereocenters. The normalized spacial score (nSPS) is 34.1. The highest BCUT2D eigenvalue weighted by Crippen LogP contribution is 2.58. The van der Waals surface area contributed by atoms with E-state index in [2.05, 4.69) is 0 Å². The molecular weight excluding hydrogens is 448 g/mol. The number of cyclic esters (lactones) is 1. The zero-order valence-corrected chi connectivity index (χ0v) is 20.0. The fourth-order valence-electron chi connectivity index (χ4n) is 6.20. The highest BCUT2D eigenvalue weighted by molar-refractivity contribution is 5.99. The van der Waals surface area contributed by atoms with Crippen LogP contribution in [0.4, 0.5) is 0 Å². The Hall–Kier alpha value is -2.97. The third kappa shape index (κ3) is 3.70. The molecule has 8 heteroatoms. The second-order valence-electron chi connectivity index (χ2n) is 9.70. The van der Waals surface area contributed by atoms with E-state index >= 15 is 0 Å². The van der Waals surface area contributed by atoms with E-state index in [0.29, 0.717) is 32.4 Å². The quantitative estimate of drug-likeness (QED) is 0.493. The van der Waals surface area contributed by atoms with Crippen molar-refractivity contribution in [3.8, 4) is 0 Å². The lowest BCUT2D eigenvalue weighted by Gasteiger charge is -2.38. The fraction of sp³-hybridized carbons (Fsp3) is 0.519. The number of carbonyl (C=O) groups is 3. The van der Waals surface area contributed by atoms with E-state index in [1.54, 1.807) is 4.90 Å². The molecule has 8 nitrogen and oxygen atoms in total. The minimum Gasteiger partial charge on any atom is -0.465 e. The highest BCUT2D eigenvalue weighted by Gasteiger charge is 2.75. The second kappa shape index (κ2) is 9.24. The number of ether oxygens (including phenoxy) is 2. The van der Waals surface area contributed by atoms with Crippen molar-refractivity contribution in [1.29, 1.82) is 0 Å². The molecule has 2 saturated heterocycles. The molecule has 35 heavy (non-hydrogen) atoms. The number of aliphatic hydroxyl groups excluding tert-OH is 1. The molecule has 0 bridgehead atoms. The van der Waals surface area contributed by atoms with Gasteiger partial charge in [0.05, 0.1) is 12.5 Å². The van der Waals surface area contributed by atoms with Crippen molar-refractivity contribution in [3.05, 3.63) is 60.2 Å². The zero-order chi connectivity index (χ0) is 24.6. The molecule has 1 N–H and O–H groups in total. The first-order valence-electron chi connectivity index (χ1n) is 12.4. The zero-order valence-electron chi connectivity index (χ0n) is 20.0. The highest BCUT2D eigenvalue weighted by atomic mass is 16.6. The predicted octanol–water partition coefficient (Wildman–Crippen LogP) is 1.83. The van der Waals surface area contributed by atoms with Crippen molar-refractivity contribution >= 4 is 17.8 Å². The van der Waals surface area contributed by atoms with Gasteiger partial charge in [-0.3, -0.25) is 14.4 Å². The van der Waals surface area contributed by atoms with Gasteiger partial charge in [-0.2, -0.15) is 0 Å². The third-order valence-corrected chi connectivity index (χ3v) is 7.76. The van der Waals surface area contributed by atoms with Crippen molar-refractivity contribution in [3.63, 3.8) is 0 Å². The van der Waals surface area contributed by atoms with Gasteiger partial charge in [-0.15, -0.1) is 0 Å². The molecule has 4 aliphatic rings. The summed E-state index contributed by atoms with van der Waals surface area (Å²) < 4.78 is 12.3. The Labute approximate surface area is 205 Å². The van der Waals surface area contributed by atoms with Gasteiger partial charge >= 0.3 is 5.97 Å². The van der Waals surface area contributed by atoms with Crippen LogP contribution in [0.1, 0.15) is 31.7 Å². The number of likely N-dealkylation sites (tertiary alicyclic amines) is 1. The monoisotopic (exact) mass is 480 g/mol. The lowest BCUT2D eigenvalue weighted by Crippen LogP contribution is -2.56. The Morgan fingerprint density at radius 3 is 2.60 bits per heavy atom. The maximum atomic E-state index is 14.1. The third-order valence-electron chi connectivity index (χ3n) is 7.76. The van der Waals surface area contributed by atoms with E-state index in [9.17, 15) is 19.5 Å². The molecule has 1 aromatic rings. The van der Waals surface area contributed by atoms with Crippen LogP contribution >= 0.6 is 0 Å². The molecule has 2 fully saturated rings. The Morgan fingerprint density at radius 1 is 1.06 bits per heavy atom. The van der Waals surface area contributed by atoms with Gasteiger partial charge in [0.15, 0.2) is 0 Å². The van der Waals surface area contributed by atoms with Crippen LogP contribution < -0.4 is 0 Å². The average Bonchev–Trinajstić information content (AvgIpc) is 3.21. The summed E-state index contributed by atoms with van der Waals surface area (Å²) in [5.74, 6) is -2.70. The van der Waals surface area contributed by atoms with Crippen LogP contribution in [-0.2, 0) is 30.4 Å². The van der Waals surface area contributed by atoms with E-state index in [1.165, 1.54) is 4.90 Å². The Balaban J connectivity index is 1.60. The van der Waals surface area contributed by atoms with E-state index < -0.39 is 35.0 Å². The van der Waals surface area contributed by atoms with Crippen molar-refractivity contribution in [2.24, 2.45) is 11.8 Å². The lowest BCUT2D eigenvalue weighted by atomic mass is 9.73. The van der Waals surface area contributed by atoms with Gasteiger partial charge < -0.3 is 24.4 Å². The van der Waals surface area contributed by atoms with E-state index in [4.69, 9.17) is 9.47 Å². The van der Waals surface area contributed by atoms with Gasteiger partial charge in [0.1, 0.15) is 23.2 Å². The molecule has 1 spiro atoms. The van der Waals surface area contributed by atoms with Gasteiger partial charge in [-0.05, 0) is 24.8 Å². The number of rotatable bonds is 6. The van der Waals surface area contributed by atoms with E-state index in [1.807, 2.05) is 61.6 Å². The Morgan fingerprint density at radius 2 is 1.86 bits per heavy atom. The molecule has 1 unspecified atom stereocenters. The smallest absolute Gasteiger partial charge is 0.313 e. The summed E-state index contributed by atoms with van der Waals surface area (Å²) in [5, 5.41) is 9.49. The number of esters is 1. The first-order valence-corrected chi connectivity index (χ1v) is 12.4. The number of carbonyl (C=O) groups excluding carboxylic acids is 3. The molecule has 1 aromatic carbocycles. The molecular formula is C27H32N2O6. The van der Waals surface area contributed by atoms with Crippen molar-refractivity contribution < 1.29 is 29.0 Å². The summed E-state index contributed by atoms with van der Waals surface area (Å²) in [6, 6.07) is 8.78. The van der Waals surface area contributed by atoms with Crippen LogP contribution in [0.15, 0.2) is 54.6 Å². The van der Waals surface area contributed by atoms with Gasteiger partial charge in [-0.1, -0.05) is 61.6 Å². The van der Waals surface area contributed by atoms with Crippen LogP contribution in [-0.4, -0.2) is 76.2 Å². The maximum Gasteiger partial charge on any atom is 0.313 e. The number of benzene rings is 1. The summed E-state index contributed by atoms with van der Waals surface area (Å²) in [4.78, 5) is 44.6. The van der Waals surface area contributed by atoms with Crippen LogP contribution in [0.3, 0.4) is 0 Å². The molecule has 0 saturated carbocycles. The molecule has 5 rings (SSSR count). The minimum atomic E-state index is -1.29. The number of hydrogen-bond donors (Lipinski definition) is 1. The largest absolute Gasteiger partial charge is 0.465 e. The summed E-state index contributed by atoms with van der Waals surface area (Å²) in [5.41, 5.74) is -1.33. The lowest BCUT2D eigenvalue weighted by molar-refractivity contribution is -0.162. The first-order chi connectivity index (χ1) is 17.0. The summed E-state index contributed by atoms with van der Waals surface area (Å²) in [6.45, 7) is 3.03. The predicted molar refractivity (Wildman–Crippen MR) is 127 cm³/mol. The topological polar surface area (TPSA) is 96.4 Å². The number of nitrogens with zero attached hydrogens (tertiary/aromatic N) is 2. The molecule has 4 heterocycles. The van der Waals surface area contributed by atoms with Gasteiger partial charge in [0.2, 0.25) is 11.8 Å². The van der Waals surface area contributed by atoms with Crippen molar-refractivity contribution in [1.82, 2.24) is 9.80 Å². The van der Waals surface area contributed by atoms with E-state index in [0.717, 1.165) is 5.56 Å². The average molecular weight is 481 g/mol. The fourth-order valence-corrected chi connectivity index (χ4v) is 6.20. The minimum absolute atomic E-state index is 0.111. The number of amides is 2. The first kappa shape index (κ1) is 23.8. The molecule has 4 aliphatic heterocycles. The SMILES string of the molecule is CC[C@]12C=CCCOC(=O)[C@H]1[C@H]1C(=O)N(CCCO)C3C(=O)N(Cc4ccccc4)CC=C[C@@]31O2. The summed E-state index contributed by atoms with van der Waals surface area (Å²) >= 11 is 0. The van der Waals surface area contributed by atoms with Crippen LogP contribution in [0, 0.1) is 11.8 Å². The van der Waals surface area contributed by atoms with Crippen molar-refractivity contribution in [2.75, 3.05) is 26.3 Å². The van der Waals surface area contributed by atoms with E-state index in [-0.39, 0.29) is 31.6 Å². The standard InChI is InChI=1S/C27H32N2O6/c1-2-26-12-6-7-17-34-25(33)21(26)20-23(31)29(15-9-16-30)22-24(32)28(14-8-13-27(20,22)35-26)18-19-10-4-3-5-11-19/h3-6,8,10-13,20-22,30H,2,7,9,14-18H2,1H3/t20-,21+,22?,26-,27-/m0/s1. The molecule has 2 amide bonds. The Bertz CT molecular complexity index is 1060. The number of hydrogen-bond acceptors (Lipinski definition) is 6. The molecule has 0 aliphatic carbocycles. The van der Waals surface area contributed by atoms with Crippen molar-refractivity contribution in [2.45, 2.75) is 50.0 Å². The molecule has 186 valence electrons. The van der Waals surface area contributed by atoms with Gasteiger partial charge in [0, 0.05) is 26.2 Å². The number of fused-ring (bicyclic) bond motifs is 2. The van der Waals surface area contributed by atoms with Crippen LogP contribution in [0.2, 0.25) is 0 Å². The van der Waals surface area contributed by atoms with Crippen LogP contribution in [0.5, 0.6) is 0 Å².